The van der Waals surface area contributed by atoms with Crippen LogP contribution in [0.15, 0.2) is 27.5 Å². The number of cyclic esters (lactones) is 1. The first-order chi connectivity index (χ1) is 15.7. The van der Waals surface area contributed by atoms with Crippen LogP contribution in [0.25, 0.3) is 22.3 Å². The highest BCUT2D eigenvalue weighted by molar-refractivity contribution is 9.10. The van der Waals surface area contributed by atoms with Crippen molar-refractivity contribution in [2.75, 3.05) is 0 Å². The third-order valence-electron chi connectivity index (χ3n) is 5.38. The maximum Gasteiger partial charge on any atom is 0.340 e. The first-order valence-electron chi connectivity index (χ1n) is 9.76. The highest BCUT2D eigenvalue weighted by atomic mass is 79.9. The quantitative estimate of drug-likeness (QED) is 0.238. The molecule has 170 valence electrons. The molecule has 1 unspecified atom stereocenters. The number of benzene rings is 1. The van der Waals surface area contributed by atoms with Gasteiger partial charge in [-0.25, -0.2) is 9.78 Å². The van der Waals surface area contributed by atoms with Crippen LogP contribution in [0, 0.1) is 20.2 Å². The van der Waals surface area contributed by atoms with Gasteiger partial charge in [0.05, 0.1) is 38.4 Å². The van der Waals surface area contributed by atoms with Crippen LogP contribution in [0.2, 0.25) is 0 Å². The summed E-state index contributed by atoms with van der Waals surface area (Å²) < 4.78 is 6.16. The minimum absolute atomic E-state index is 0.0672. The van der Waals surface area contributed by atoms with E-state index in [0.29, 0.717) is 5.56 Å². The molecule has 0 bridgehead atoms. The molecule has 0 spiro atoms. The van der Waals surface area contributed by atoms with Gasteiger partial charge >= 0.3 is 11.7 Å². The Morgan fingerprint density at radius 2 is 1.88 bits per heavy atom. The first-order valence-corrected chi connectivity index (χ1v) is 10.6. The summed E-state index contributed by atoms with van der Waals surface area (Å²) in [5.74, 6) is -1.10. The number of ether oxygens (including phenoxy) is 1. The smallest absolute Gasteiger partial charge is 0.340 e. The third-order valence-corrected chi connectivity index (χ3v) is 6.25. The number of nitro benzene ring substituents is 1. The van der Waals surface area contributed by atoms with Gasteiger partial charge < -0.3 is 9.84 Å². The van der Waals surface area contributed by atoms with Crippen LogP contribution in [-0.4, -0.2) is 30.5 Å². The van der Waals surface area contributed by atoms with E-state index in [4.69, 9.17) is 4.74 Å². The van der Waals surface area contributed by atoms with Crippen molar-refractivity contribution in [3.8, 4) is 11.4 Å². The summed E-state index contributed by atoms with van der Waals surface area (Å²) in [6.45, 7) is 3.35. The van der Waals surface area contributed by atoms with E-state index in [9.17, 15) is 34.9 Å². The number of hydrogen-bond donors (Lipinski definition) is 1. The number of pyridine rings is 2. The topological polar surface area (TPSA) is 168 Å². The van der Waals surface area contributed by atoms with Crippen molar-refractivity contribution < 1.29 is 24.5 Å². The van der Waals surface area contributed by atoms with E-state index in [-0.39, 0.29) is 44.6 Å². The van der Waals surface area contributed by atoms with Gasteiger partial charge in [0.25, 0.3) is 11.2 Å². The van der Waals surface area contributed by atoms with Crippen LogP contribution >= 0.6 is 15.9 Å². The van der Waals surface area contributed by atoms with Crippen molar-refractivity contribution in [3.63, 3.8) is 0 Å². The van der Waals surface area contributed by atoms with Crippen molar-refractivity contribution in [2.24, 2.45) is 0 Å². The zero-order chi connectivity index (χ0) is 24.2. The number of rotatable bonds is 2. The lowest BCUT2D eigenvalue weighted by atomic mass is 9.97. The van der Waals surface area contributed by atoms with E-state index in [1.807, 2.05) is 13.8 Å². The molecule has 33 heavy (non-hydrogen) atoms. The largest absolute Gasteiger partial charge is 0.458 e. The standard InChI is InChI=1S/C18H9BrN4O8.C2H6/c19-12-6-4-21-15(13(6)20-8-2-1-3-9(11(8)12)22(27)28)14(23(29)30)10-7(17(21)25)5-31-18(26)16(10)24;1-2/h1-3,16,24H,4-5H2;1-2H3. The number of carbonyl (C=O) groups excluding carboxylic acids is 1. The molecule has 1 N–H and O–H groups in total. The molecule has 4 heterocycles. The Labute approximate surface area is 192 Å². The Bertz CT molecular complexity index is 1450. The van der Waals surface area contributed by atoms with Gasteiger partial charge in [0.2, 0.25) is 0 Å². The number of esters is 1. The summed E-state index contributed by atoms with van der Waals surface area (Å²) in [6.07, 6.45) is -1.99. The molecule has 12 nitrogen and oxygen atoms in total. The van der Waals surface area contributed by atoms with Crippen molar-refractivity contribution in [3.05, 3.63) is 69.9 Å². The number of aliphatic hydroxyl groups is 1. The van der Waals surface area contributed by atoms with Gasteiger partial charge in [0, 0.05) is 16.1 Å². The van der Waals surface area contributed by atoms with E-state index in [1.54, 1.807) is 0 Å². The fraction of sp³-hybridized carbons (Fsp3) is 0.250. The highest BCUT2D eigenvalue weighted by Gasteiger charge is 2.43. The maximum absolute atomic E-state index is 13.1. The molecular formula is C20H15BrN4O8. The second kappa shape index (κ2) is 8.01. The number of carbonyl (C=O) groups is 1. The summed E-state index contributed by atoms with van der Waals surface area (Å²) in [5.41, 5.74) is -1.70. The number of aromatic nitrogens is 2. The molecule has 0 radical (unpaired) electrons. The lowest BCUT2D eigenvalue weighted by Gasteiger charge is -2.21. The summed E-state index contributed by atoms with van der Waals surface area (Å²) in [6, 6.07) is 4.23. The summed E-state index contributed by atoms with van der Waals surface area (Å²) in [7, 11) is 0. The molecule has 0 fully saturated rings. The Morgan fingerprint density at radius 1 is 1.18 bits per heavy atom. The van der Waals surface area contributed by atoms with Gasteiger partial charge in [0.1, 0.15) is 18.0 Å². The summed E-state index contributed by atoms with van der Waals surface area (Å²) >= 11 is 3.34. The number of aliphatic hydroxyl groups excluding tert-OH is 1. The van der Waals surface area contributed by atoms with Crippen LogP contribution in [-0.2, 0) is 22.7 Å². The van der Waals surface area contributed by atoms with E-state index < -0.39 is 45.3 Å². The van der Waals surface area contributed by atoms with Gasteiger partial charge in [-0.3, -0.25) is 29.6 Å². The summed E-state index contributed by atoms with van der Waals surface area (Å²) in [4.78, 5) is 51.4. The fourth-order valence-corrected chi connectivity index (χ4v) is 4.79. The lowest BCUT2D eigenvalue weighted by molar-refractivity contribution is -0.385. The van der Waals surface area contributed by atoms with Crippen molar-refractivity contribution in [2.45, 2.75) is 33.1 Å². The predicted molar refractivity (Wildman–Crippen MR) is 118 cm³/mol. The molecule has 1 aromatic carbocycles. The SMILES string of the molecule is CC.O=C1OCc2c(c([N+](=O)[O-])c3n(c2=O)Cc2c-3nc3cccc([N+](=O)[O-])c3c2Br)C1O. The van der Waals surface area contributed by atoms with E-state index in [2.05, 4.69) is 20.9 Å². The number of nitrogens with zero attached hydrogens (tertiary/aromatic N) is 4. The Kier molecular flexibility index (Phi) is 5.46. The van der Waals surface area contributed by atoms with Gasteiger partial charge in [-0.05, 0) is 22.0 Å². The zero-order valence-electron chi connectivity index (χ0n) is 17.2. The van der Waals surface area contributed by atoms with Crippen molar-refractivity contribution in [1.29, 1.82) is 0 Å². The van der Waals surface area contributed by atoms with Gasteiger partial charge in [-0.15, -0.1) is 0 Å². The molecule has 13 heteroatoms. The summed E-state index contributed by atoms with van der Waals surface area (Å²) in [5, 5.41) is 33.9. The maximum atomic E-state index is 13.1. The van der Waals surface area contributed by atoms with Crippen molar-refractivity contribution >= 4 is 44.2 Å². The van der Waals surface area contributed by atoms with Gasteiger partial charge in [-0.2, -0.15) is 0 Å². The Balaban J connectivity index is 0.00000126. The third kappa shape index (κ3) is 3.11. The average Bonchev–Trinajstić information content (AvgIpc) is 3.17. The number of non-ortho nitro benzene ring substituents is 1. The van der Waals surface area contributed by atoms with Crippen LogP contribution in [0.3, 0.4) is 0 Å². The molecule has 5 rings (SSSR count). The molecule has 2 aliphatic heterocycles. The molecule has 2 aliphatic rings. The molecule has 2 aromatic heterocycles. The second-order valence-corrected chi connectivity index (χ2v) is 7.72. The Hall–Kier alpha value is -3.71. The van der Waals surface area contributed by atoms with Crippen LogP contribution in [0.4, 0.5) is 11.4 Å². The van der Waals surface area contributed by atoms with Crippen molar-refractivity contribution in [1.82, 2.24) is 9.55 Å². The highest BCUT2D eigenvalue weighted by Crippen LogP contribution is 2.46. The van der Waals surface area contributed by atoms with E-state index in [1.165, 1.54) is 18.2 Å². The van der Waals surface area contributed by atoms with Crippen LogP contribution < -0.4 is 5.56 Å². The van der Waals surface area contributed by atoms with Crippen LogP contribution in [0.1, 0.15) is 36.6 Å². The Morgan fingerprint density at radius 3 is 2.52 bits per heavy atom. The molecule has 0 aliphatic carbocycles. The first kappa shape index (κ1) is 22.5. The molecular weight excluding hydrogens is 504 g/mol. The molecule has 3 aromatic rings. The number of nitro groups is 2. The average molecular weight is 519 g/mol. The van der Waals surface area contributed by atoms with Crippen LogP contribution in [0.5, 0.6) is 0 Å². The lowest BCUT2D eigenvalue weighted by Crippen LogP contribution is -2.33. The second-order valence-electron chi connectivity index (χ2n) is 6.93. The monoisotopic (exact) mass is 518 g/mol. The molecule has 1 atom stereocenters. The normalized spacial score (nSPS) is 15.6. The van der Waals surface area contributed by atoms with Gasteiger partial charge in [-0.1, -0.05) is 19.9 Å². The van der Waals surface area contributed by atoms with Gasteiger partial charge in [0.15, 0.2) is 6.10 Å². The number of halogens is 1. The van der Waals surface area contributed by atoms with E-state index in [0.717, 1.165) is 4.57 Å². The molecule has 0 amide bonds. The molecule has 0 saturated carbocycles. The minimum Gasteiger partial charge on any atom is -0.458 e. The number of hydrogen-bond acceptors (Lipinski definition) is 9. The fourth-order valence-electron chi connectivity index (χ4n) is 4.07. The predicted octanol–water partition coefficient (Wildman–Crippen LogP) is 3.12. The van der Waals surface area contributed by atoms with E-state index >= 15 is 0 Å². The minimum atomic E-state index is -1.99. The zero-order valence-corrected chi connectivity index (χ0v) is 18.8. The number of fused-ring (bicyclic) bond motifs is 5. The molecule has 0 saturated heterocycles.